The van der Waals surface area contributed by atoms with E-state index in [2.05, 4.69) is 30.0 Å². The van der Waals surface area contributed by atoms with Crippen LogP contribution in [0.3, 0.4) is 0 Å². The van der Waals surface area contributed by atoms with Gasteiger partial charge in [-0.25, -0.2) is 4.98 Å². The summed E-state index contributed by atoms with van der Waals surface area (Å²) in [5.41, 5.74) is 9.99. The van der Waals surface area contributed by atoms with E-state index in [1.807, 2.05) is 11.6 Å². The third-order valence-corrected chi connectivity index (χ3v) is 3.63. The number of nitrogen functional groups attached to an aromatic ring is 1. The van der Waals surface area contributed by atoms with Gasteiger partial charge in [-0.3, -0.25) is 4.68 Å². The van der Waals surface area contributed by atoms with Crippen LogP contribution in [0.15, 0.2) is 12.3 Å². The number of nitrogens with zero attached hydrogens (tertiary/aromatic N) is 3. The molecule has 0 spiro atoms. The lowest BCUT2D eigenvalue weighted by Gasteiger charge is -2.08. The van der Waals surface area contributed by atoms with Crippen LogP contribution in [0, 0.1) is 6.92 Å². The van der Waals surface area contributed by atoms with Gasteiger partial charge < -0.3 is 5.73 Å². The van der Waals surface area contributed by atoms with E-state index < -0.39 is 0 Å². The standard InChI is InChI=1S/C14H19ClN4/c1-4-11-13(15)12(19(5-2)18-11)7-10-6-9(3)8-17-14(10)16/h6,8H,4-5,7H2,1-3H3,(H2,16,17). The van der Waals surface area contributed by atoms with Crippen LogP contribution in [0.4, 0.5) is 5.82 Å². The summed E-state index contributed by atoms with van der Waals surface area (Å²) in [5.74, 6) is 0.559. The van der Waals surface area contributed by atoms with Crippen molar-refractivity contribution in [1.29, 1.82) is 0 Å². The highest BCUT2D eigenvalue weighted by molar-refractivity contribution is 6.31. The lowest BCUT2D eigenvalue weighted by molar-refractivity contribution is 0.621. The maximum Gasteiger partial charge on any atom is 0.126 e. The van der Waals surface area contributed by atoms with Gasteiger partial charge in [0.15, 0.2) is 0 Å². The van der Waals surface area contributed by atoms with Crippen LogP contribution >= 0.6 is 11.6 Å². The first-order chi connectivity index (χ1) is 9.06. The summed E-state index contributed by atoms with van der Waals surface area (Å²) in [6, 6.07) is 2.05. The number of hydrogen-bond donors (Lipinski definition) is 1. The van der Waals surface area contributed by atoms with Crippen molar-refractivity contribution in [1.82, 2.24) is 14.8 Å². The molecular weight excluding hydrogens is 260 g/mol. The van der Waals surface area contributed by atoms with Crippen LogP contribution < -0.4 is 5.73 Å². The molecule has 102 valence electrons. The number of hydrogen-bond acceptors (Lipinski definition) is 3. The minimum Gasteiger partial charge on any atom is -0.383 e. The Morgan fingerprint density at radius 1 is 1.37 bits per heavy atom. The summed E-state index contributed by atoms with van der Waals surface area (Å²) >= 11 is 6.41. The molecule has 2 aromatic rings. The van der Waals surface area contributed by atoms with Crippen LogP contribution in [0.2, 0.25) is 5.02 Å². The van der Waals surface area contributed by atoms with E-state index >= 15 is 0 Å². The Kier molecular flexibility index (Phi) is 4.10. The van der Waals surface area contributed by atoms with E-state index in [9.17, 15) is 0 Å². The van der Waals surface area contributed by atoms with Crippen molar-refractivity contribution < 1.29 is 0 Å². The van der Waals surface area contributed by atoms with E-state index in [4.69, 9.17) is 17.3 Å². The molecule has 0 fully saturated rings. The van der Waals surface area contributed by atoms with Gasteiger partial charge in [-0.05, 0) is 25.8 Å². The molecule has 0 aliphatic rings. The number of halogens is 1. The van der Waals surface area contributed by atoms with Crippen LogP contribution in [-0.4, -0.2) is 14.8 Å². The predicted octanol–water partition coefficient (Wildman–Crippen LogP) is 3.00. The molecule has 0 aliphatic heterocycles. The number of pyridine rings is 1. The SMILES string of the molecule is CCc1nn(CC)c(Cc2cc(C)cnc2N)c1Cl. The first kappa shape index (κ1) is 13.9. The van der Waals surface area contributed by atoms with Crippen molar-refractivity contribution in [2.24, 2.45) is 0 Å². The van der Waals surface area contributed by atoms with Crippen LogP contribution in [0.5, 0.6) is 0 Å². The second-order valence-corrected chi connectivity index (χ2v) is 4.99. The van der Waals surface area contributed by atoms with Gasteiger partial charge in [0.05, 0.1) is 16.4 Å². The third-order valence-electron chi connectivity index (χ3n) is 3.19. The maximum absolute atomic E-state index is 6.41. The van der Waals surface area contributed by atoms with Crippen LogP contribution in [-0.2, 0) is 19.4 Å². The van der Waals surface area contributed by atoms with Crippen LogP contribution in [0.25, 0.3) is 0 Å². The molecule has 0 radical (unpaired) electrons. The molecule has 2 aromatic heterocycles. The third kappa shape index (κ3) is 2.73. The minimum atomic E-state index is 0.559. The molecule has 0 aliphatic carbocycles. The van der Waals surface area contributed by atoms with Crippen LogP contribution in [0.1, 0.15) is 36.4 Å². The number of aryl methyl sites for hydroxylation is 3. The minimum absolute atomic E-state index is 0.559. The molecule has 0 unspecified atom stereocenters. The Morgan fingerprint density at radius 2 is 2.11 bits per heavy atom. The molecule has 2 N–H and O–H groups in total. The number of nitrogens with two attached hydrogens (primary N) is 1. The molecule has 19 heavy (non-hydrogen) atoms. The van der Waals surface area contributed by atoms with Crippen molar-refractivity contribution in [3.05, 3.63) is 39.8 Å². The number of anilines is 1. The Balaban J connectivity index is 2.42. The van der Waals surface area contributed by atoms with Gasteiger partial charge in [0.2, 0.25) is 0 Å². The molecular formula is C14H19ClN4. The van der Waals surface area contributed by atoms with Gasteiger partial charge in [0.25, 0.3) is 0 Å². The molecule has 2 heterocycles. The molecule has 0 saturated carbocycles. The van der Waals surface area contributed by atoms with Crippen molar-refractivity contribution in [2.75, 3.05) is 5.73 Å². The quantitative estimate of drug-likeness (QED) is 0.935. The van der Waals surface area contributed by atoms with E-state index in [-0.39, 0.29) is 0 Å². The zero-order valence-electron chi connectivity index (χ0n) is 11.6. The van der Waals surface area contributed by atoms with Crippen molar-refractivity contribution >= 4 is 17.4 Å². The molecule has 2 rings (SSSR count). The Hall–Kier alpha value is -1.55. The molecule has 0 amide bonds. The fourth-order valence-electron chi connectivity index (χ4n) is 2.15. The van der Waals surface area contributed by atoms with Gasteiger partial charge in [-0.1, -0.05) is 24.6 Å². The fraction of sp³-hybridized carbons (Fsp3) is 0.429. The fourth-order valence-corrected chi connectivity index (χ4v) is 2.48. The largest absolute Gasteiger partial charge is 0.383 e. The molecule has 4 nitrogen and oxygen atoms in total. The van der Waals surface area contributed by atoms with E-state index in [1.54, 1.807) is 6.20 Å². The number of rotatable bonds is 4. The Labute approximate surface area is 118 Å². The Bertz CT molecular complexity index is 589. The smallest absolute Gasteiger partial charge is 0.126 e. The first-order valence-corrected chi connectivity index (χ1v) is 6.89. The van der Waals surface area contributed by atoms with Gasteiger partial charge in [0.1, 0.15) is 5.82 Å². The molecule has 5 heteroatoms. The molecule has 0 saturated heterocycles. The lowest BCUT2D eigenvalue weighted by Crippen LogP contribution is -2.06. The summed E-state index contributed by atoms with van der Waals surface area (Å²) in [6.07, 6.45) is 3.27. The summed E-state index contributed by atoms with van der Waals surface area (Å²) in [5, 5.41) is 5.27. The lowest BCUT2D eigenvalue weighted by atomic mass is 10.1. The average Bonchev–Trinajstić information content (AvgIpc) is 2.70. The Morgan fingerprint density at radius 3 is 2.74 bits per heavy atom. The predicted molar refractivity (Wildman–Crippen MR) is 78.5 cm³/mol. The van der Waals surface area contributed by atoms with Gasteiger partial charge in [-0.2, -0.15) is 5.10 Å². The highest BCUT2D eigenvalue weighted by Crippen LogP contribution is 2.25. The summed E-state index contributed by atoms with van der Waals surface area (Å²) in [6.45, 7) is 6.92. The highest BCUT2D eigenvalue weighted by Gasteiger charge is 2.16. The monoisotopic (exact) mass is 278 g/mol. The van der Waals surface area contributed by atoms with E-state index in [1.165, 1.54) is 0 Å². The van der Waals surface area contributed by atoms with Gasteiger partial charge in [-0.15, -0.1) is 0 Å². The number of aromatic nitrogens is 3. The zero-order chi connectivity index (χ0) is 14.0. The van der Waals surface area contributed by atoms with Crippen molar-refractivity contribution in [3.8, 4) is 0 Å². The molecule has 0 bridgehead atoms. The zero-order valence-corrected chi connectivity index (χ0v) is 12.3. The summed E-state index contributed by atoms with van der Waals surface area (Å²) in [4.78, 5) is 4.19. The maximum atomic E-state index is 6.41. The van der Waals surface area contributed by atoms with Crippen molar-refractivity contribution in [3.63, 3.8) is 0 Å². The molecule has 0 aromatic carbocycles. The second-order valence-electron chi connectivity index (χ2n) is 4.61. The summed E-state index contributed by atoms with van der Waals surface area (Å²) < 4.78 is 1.95. The van der Waals surface area contributed by atoms with E-state index in [0.29, 0.717) is 12.2 Å². The highest BCUT2D eigenvalue weighted by atomic mass is 35.5. The summed E-state index contributed by atoms with van der Waals surface area (Å²) in [7, 11) is 0. The van der Waals surface area contributed by atoms with Crippen molar-refractivity contribution in [2.45, 2.75) is 40.2 Å². The van der Waals surface area contributed by atoms with E-state index in [0.717, 1.165) is 40.5 Å². The topological polar surface area (TPSA) is 56.7 Å². The normalized spacial score (nSPS) is 10.9. The van der Waals surface area contributed by atoms with Gasteiger partial charge >= 0.3 is 0 Å². The first-order valence-electron chi connectivity index (χ1n) is 6.51. The molecule has 0 atom stereocenters. The average molecular weight is 279 g/mol. The second kappa shape index (κ2) is 5.61. The van der Waals surface area contributed by atoms with Gasteiger partial charge in [0, 0.05) is 24.7 Å².